The Balaban J connectivity index is 1.20. The fourth-order valence-electron chi connectivity index (χ4n) is 6.60. The molecule has 0 heteroatoms. The second kappa shape index (κ2) is 7.32. The molecule has 0 spiro atoms. The maximum atomic E-state index is 4.00. The first-order chi connectivity index (χ1) is 11.3. The van der Waals surface area contributed by atoms with E-state index in [2.05, 4.69) is 12.7 Å². The van der Waals surface area contributed by atoms with Crippen molar-refractivity contribution in [3.05, 3.63) is 12.7 Å². The van der Waals surface area contributed by atoms with E-state index in [1.165, 1.54) is 25.7 Å². The molecule has 0 aromatic heterocycles. The van der Waals surface area contributed by atoms with Gasteiger partial charge in [0.1, 0.15) is 0 Å². The Morgan fingerprint density at radius 3 is 0.826 bits per heavy atom. The van der Waals surface area contributed by atoms with Crippen LogP contribution in [0.15, 0.2) is 12.7 Å². The van der Waals surface area contributed by atoms with Crippen LogP contribution in [0.4, 0.5) is 0 Å². The van der Waals surface area contributed by atoms with Crippen molar-refractivity contribution in [2.75, 3.05) is 0 Å². The molecule has 0 nitrogen and oxygen atoms in total. The highest BCUT2D eigenvalue weighted by Gasteiger charge is 2.37. The van der Waals surface area contributed by atoms with Crippen LogP contribution in [0.25, 0.3) is 0 Å². The van der Waals surface area contributed by atoms with E-state index in [4.69, 9.17) is 0 Å². The zero-order chi connectivity index (χ0) is 15.6. The second-order valence-electron chi connectivity index (χ2n) is 9.60. The summed E-state index contributed by atoms with van der Waals surface area (Å²) >= 11 is 0. The van der Waals surface area contributed by atoms with Crippen LogP contribution in [0.5, 0.6) is 0 Å². The van der Waals surface area contributed by atoms with E-state index in [9.17, 15) is 0 Å². The normalized spacial score (nSPS) is 45.6. The molecule has 0 bridgehead atoms. The van der Waals surface area contributed by atoms with Gasteiger partial charge in [-0.1, -0.05) is 6.08 Å². The van der Waals surface area contributed by atoms with Crippen molar-refractivity contribution in [1.82, 2.24) is 0 Å². The molecule has 0 N–H and O–H groups in total. The Kier molecular flexibility index (Phi) is 5.16. The summed E-state index contributed by atoms with van der Waals surface area (Å²) in [6.07, 6.45) is 23.8. The van der Waals surface area contributed by atoms with Gasteiger partial charge in [-0.05, 0) is 131 Å². The van der Waals surface area contributed by atoms with E-state index in [0.717, 1.165) is 41.4 Å². The maximum absolute atomic E-state index is 4.00. The zero-order valence-corrected chi connectivity index (χ0v) is 15.2. The molecule has 0 aromatic rings. The molecule has 0 saturated heterocycles. The Hall–Kier alpha value is -0.260. The monoisotopic (exact) mass is 314 g/mol. The fraction of sp³-hybridized carbons (Fsp3) is 0.913. The number of allylic oxidation sites excluding steroid dienone is 1. The van der Waals surface area contributed by atoms with Crippen molar-refractivity contribution in [2.45, 2.75) is 89.9 Å². The van der Waals surface area contributed by atoms with Crippen LogP contribution >= 0.6 is 0 Å². The number of rotatable bonds is 4. The number of hydrogen-bond acceptors (Lipinski definition) is 0. The molecule has 0 atom stereocenters. The van der Waals surface area contributed by atoms with Gasteiger partial charge in [-0.25, -0.2) is 0 Å². The molecule has 23 heavy (non-hydrogen) atoms. The summed E-state index contributed by atoms with van der Waals surface area (Å²) in [5.41, 5.74) is 0. The average molecular weight is 315 g/mol. The smallest absolute Gasteiger partial charge is 0.0236 e. The van der Waals surface area contributed by atoms with Crippen molar-refractivity contribution in [2.24, 2.45) is 41.4 Å². The minimum Gasteiger partial charge on any atom is -0.103 e. The first kappa shape index (κ1) is 16.2. The molecule has 0 radical (unpaired) electrons. The van der Waals surface area contributed by atoms with E-state index in [1.807, 2.05) is 0 Å². The van der Waals surface area contributed by atoms with Crippen LogP contribution in [0.3, 0.4) is 0 Å². The lowest BCUT2D eigenvalue weighted by Crippen LogP contribution is -2.29. The van der Waals surface area contributed by atoms with Gasteiger partial charge in [0.2, 0.25) is 0 Å². The highest BCUT2D eigenvalue weighted by molar-refractivity contribution is 4.90. The van der Waals surface area contributed by atoms with E-state index in [0.29, 0.717) is 0 Å². The van der Waals surface area contributed by atoms with Gasteiger partial charge in [0.25, 0.3) is 0 Å². The minimum atomic E-state index is 0.837. The third-order valence-electron chi connectivity index (χ3n) is 8.40. The third kappa shape index (κ3) is 3.88. The molecule has 4 fully saturated rings. The van der Waals surface area contributed by atoms with Gasteiger partial charge >= 0.3 is 0 Å². The lowest BCUT2D eigenvalue weighted by atomic mass is 9.65. The average Bonchev–Trinajstić information content (AvgIpc) is 3.47. The largest absolute Gasteiger partial charge is 0.103 e. The van der Waals surface area contributed by atoms with Gasteiger partial charge < -0.3 is 0 Å². The molecule has 0 heterocycles. The van der Waals surface area contributed by atoms with Crippen molar-refractivity contribution < 1.29 is 0 Å². The Morgan fingerprint density at radius 1 is 0.391 bits per heavy atom. The van der Waals surface area contributed by atoms with E-state index in [1.54, 1.807) is 64.2 Å². The lowest BCUT2D eigenvalue weighted by Gasteiger charge is -2.41. The van der Waals surface area contributed by atoms with Crippen molar-refractivity contribution in [3.8, 4) is 0 Å². The van der Waals surface area contributed by atoms with Gasteiger partial charge in [-0.3, -0.25) is 0 Å². The maximum Gasteiger partial charge on any atom is -0.0236 e. The fourth-order valence-corrected chi connectivity index (χ4v) is 6.60. The highest BCUT2D eigenvalue weighted by atomic mass is 14.4. The summed E-state index contributed by atoms with van der Waals surface area (Å²) < 4.78 is 0. The van der Waals surface area contributed by atoms with Gasteiger partial charge in [-0.2, -0.15) is 0 Å². The molecule has 0 amide bonds. The summed E-state index contributed by atoms with van der Waals surface area (Å²) in [5, 5.41) is 0. The predicted octanol–water partition coefficient (Wildman–Crippen LogP) is 7.00. The second-order valence-corrected chi connectivity index (χ2v) is 9.60. The summed E-state index contributed by atoms with van der Waals surface area (Å²) in [5.74, 6) is 7.51. The van der Waals surface area contributed by atoms with Crippen molar-refractivity contribution in [1.29, 1.82) is 0 Å². The molecule has 4 aliphatic rings. The Labute approximate surface area is 144 Å². The summed E-state index contributed by atoms with van der Waals surface area (Å²) in [6, 6.07) is 0. The van der Waals surface area contributed by atoms with E-state index >= 15 is 0 Å². The van der Waals surface area contributed by atoms with E-state index in [-0.39, 0.29) is 0 Å². The van der Waals surface area contributed by atoms with Gasteiger partial charge in [0.15, 0.2) is 0 Å². The van der Waals surface area contributed by atoms with Crippen molar-refractivity contribution >= 4 is 0 Å². The van der Waals surface area contributed by atoms with Crippen LogP contribution in [0, 0.1) is 41.4 Å². The Bertz CT molecular complexity index is 369. The van der Waals surface area contributed by atoms with Crippen LogP contribution in [0.2, 0.25) is 0 Å². The number of hydrogen-bond donors (Lipinski definition) is 0. The van der Waals surface area contributed by atoms with Crippen LogP contribution in [-0.2, 0) is 0 Å². The molecule has 0 aliphatic heterocycles. The molecule has 4 aliphatic carbocycles. The SMILES string of the molecule is C=CC1CCC(C2CCC(C3CCC(C4CC4)CC3)CC2)CC1. The van der Waals surface area contributed by atoms with Gasteiger partial charge in [0, 0.05) is 0 Å². The molecule has 0 aromatic carbocycles. The standard InChI is InChI=1S/C23H38/c1-2-17-3-5-18(6-4-17)19-7-9-20(10-8-19)21-11-13-22(14-12-21)23-15-16-23/h2,17-23H,1,3-16H2. The molecular weight excluding hydrogens is 276 g/mol. The molecule has 130 valence electrons. The first-order valence-electron chi connectivity index (χ1n) is 11.0. The summed E-state index contributed by atoms with van der Waals surface area (Å²) in [6.45, 7) is 4.00. The van der Waals surface area contributed by atoms with Crippen LogP contribution < -0.4 is 0 Å². The first-order valence-corrected chi connectivity index (χ1v) is 11.0. The summed E-state index contributed by atoms with van der Waals surface area (Å²) in [4.78, 5) is 0. The van der Waals surface area contributed by atoms with E-state index < -0.39 is 0 Å². The molecule has 4 rings (SSSR count). The summed E-state index contributed by atoms with van der Waals surface area (Å²) in [7, 11) is 0. The third-order valence-corrected chi connectivity index (χ3v) is 8.40. The molecular formula is C23H38. The van der Waals surface area contributed by atoms with Crippen molar-refractivity contribution in [3.63, 3.8) is 0 Å². The Morgan fingerprint density at radius 2 is 0.609 bits per heavy atom. The zero-order valence-electron chi connectivity index (χ0n) is 15.2. The van der Waals surface area contributed by atoms with Crippen LogP contribution in [-0.4, -0.2) is 0 Å². The highest BCUT2D eigenvalue weighted by Crippen LogP contribution is 2.49. The minimum absolute atomic E-state index is 0.837. The lowest BCUT2D eigenvalue weighted by molar-refractivity contribution is 0.105. The molecule has 4 saturated carbocycles. The topological polar surface area (TPSA) is 0 Å². The molecule has 0 unspecified atom stereocenters. The quantitative estimate of drug-likeness (QED) is 0.490. The predicted molar refractivity (Wildman–Crippen MR) is 99.3 cm³/mol. The van der Waals surface area contributed by atoms with Gasteiger partial charge in [-0.15, -0.1) is 6.58 Å². The van der Waals surface area contributed by atoms with Gasteiger partial charge in [0.05, 0.1) is 0 Å². The van der Waals surface area contributed by atoms with Crippen LogP contribution in [0.1, 0.15) is 89.9 Å².